The van der Waals surface area contributed by atoms with Crippen LogP contribution in [0.4, 0.5) is 11.8 Å². The number of benzene rings is 1. The van der Waals surface area contributed by atoms with E-state index in [9.17, 15) is 4.79 Å². The van der Waals surface area contributed by atoms with Gasteiger partial charge in [0.1, 0.15) is 23.5 Å². The summed E-state index contributed by atoms with van der Waals surface area (Å²) in [7, 11) is 0. The number of carbonyl (C=O) groups is 1. The van der Waals surface area contributed by atoms with Gasteiger partial charge in [-0.1, -0.05) is 19.1 Å². The van der Waals surface area contributed by atoms with Crippen LogP contribution < -0.4 is 14.5 Å². The first-order valence-corrected chi connectivity index (χ1v) is 10.6. The van der Waals surface area contributed by atoms with E-state index in [1.807, 2.05) is 24.4 Å². The van der Waals surface area contributed by atoms with Crippen LogP contribution in [0.1, 0.15) is 52.0 Å². The molecule has 1 aliphatic heterocycles. The maximum atomic E-state index is 11.3. The third kappa shape index (κ3) is 5.46. The molecule has 29 heavy (non-hydrogen) atoms. The lowest BCUT2D eigenvalue weighted by Crippen LogP contribution is -2.28. The number of ether oxygens (including phenoxy) is 1. The molecule has 6 heteroatoms. The third-order valence-electron chi connectivity index (χ3n) is 5.49. The molecule has 1 fully saturated rings. The van der Waals surface area contributed by atoms with E-state index in [-0.39, 0.29) is 17.8 Å². The van der Waals surface area contributed by atoms with Crippen LogP contribution in [-0.2, 0) is 4.79 Å². The Balaban J connectivity index is 1.59. The molecule has 2 aromatic rings. The Hall–Kier alpha value is -2.63. The summed E-state index contributed by atoms with van der Waals surface area (Å²) >= 11 is 0. The average molecular weight is 397 g/mol. The number of Topliss-reactive ketones (excluding diaryl/α,β-unsaturated/α-hetero) is 1. The summed E-state index contributed by atoms with van der Waals surface area (Å²) in [6, 6.07) is 10.1. The summed E-state index contributed by atoms with van der Waals surface area (Å²) in [6.45, 7) is 11.5. The Bertz CT molecular complexity index is 805. The average Bonchev–Trinajstić information content (AvgIpc) is 3.18. The van der Waals surface area contributed by atoms with Gasteiger partial charge in [0.15, 0.2) is 0 Å². The molecule has 1 aromatic carbocycles. The fourth-order valence-electron chi connectivity index (χ4n) is 3.82. The summed E-state index contributed by atoms with van der Waals surface area (Å²) < 4.78 is 6.20. The highest BCUT2D eigenvalue weighted by Crippen LogP contribution is 2.26. The van der Waals surface area contributed by atoms with Crippen molar-refractivity contribution in [3.63, 3.8) is 0 Å². The van der Waals surface area contributed by atoms with Crippen LogP contribution in [0.25, 0.3) is 0 Å². The predicted molar refractivity (Wildman–Crippen MR) is 117 cm³/mol. The fourth-order valence-corrected chi connectivity index (χ4v) is 3.82. The molecule has 0 radical (unpaired) electrons. The molecular formula is C23H32N4O2. The molecule has 1 aromatic heterocycles. The van der Waals surface area contributed by atoms with Crippen LogP contribution in [0.3, 0.4) is 0 Å². The lowest BCUT2D eigenvalue weighted by atomic mass is 9.96. The molecule has 2 heterocycles. The van der Waals surface area contributed by atoms with Crippen LogP contribution in [0.15, 0.2) is 36.5 Å². The highest BCUT2D eigenvalue weighted by Gasteiger charge is 2.25. The molecule has 3 rings (SSSR count). The molecule has 2 atom stereocenters. The Morgan fingerprint density at radius 1 is 1.24 bits per heavy atom. The van der Waals surface area contributed by atoms with E-state index in [4.69, 9.17) is 9.72 Å². The van der Waals surface area contributed by atoms with Crippen LogP contribution in [0.2, 0.25) is 0 Å². The van der Waals surface area contributed by atoms with Crippen LogP contribution in [-0.4, -0.2) is 48.0 Å². The molecule has 1 aliphatic rings. The van der Waals surface area contributed by atoms with E-state index in [2.05, 4.69) is 47.7 Å². The predicted octanol–water partition coefficient (Wildman–Crippen LogP) is 4.06. The summed E-state index contributed by atoms with van der Waals surface area (Å²) in [6.07, 6.45) is 3.52. The minimum atomic E-state index is 0.141. The van der Waals surface area contributed by atoms with Crippen molar-refractivity contribution in [3.8, 4) is 5.75 Å². The zero-order valence-electron chi connectivity index (χ0n) is 18.0. The number of rotatable bonds is 9. The number of nitrogens with zero attached hydrogens (tertiary/aromatic N) is 4. The third-order valence-corrected chi connectivity index (χ3v) is 5.49. The second kappa shape index (κ2) is 9.72. The maximum absolute atomic E-state index is 11.3. The molecular weight excluding hydrogens is 364 g/mol. The normalized spacial score (nSPS) is 17.2. The first-order chi connectivity index (χ1) is 14.0. The van der Waals surface area contributed by atoms with Crippen molar-refractivity contribution in [2.75, 3.05) is 36.0 Å². The van der Waals surface area contributed by atoms with Gasteiger partial charge in [0, 0.05) is 38.7 Å². The summed E-state index contributed by atoms with van der Waals surface area (Å²) in [4.78, 5) is 24.9. The highest BCUT2D eigenvalue weighted by atomic mass is 16.5. The zero-order valence-corrected chi connectivity index (χ0v) is 18.0. The smallest absolute Gasteiger partial charge is 0.227 e. The van der Waals surface area contributed by atoms with Gasteiger partial charge < -0.3 is 19.3 Å². The molecule has 0 aliphatic carbocycles. The van der Waals surface area contributed by atoms with Crippen LogP contribution in [0.5, 0.6) is 5.75 Å². The number of hydrogen-bond donors (Lipinski definition) is 0. The minimum absolute atomic E-state index is 0.141. The lowest BCUT2D eigenvalue weighted by Gasteiger charge is -2.22. The van der Waals surface area contributed by atoms with Gasteiger partial charge in [0.05, 0.1) is 6.54 Å². The Morgan fingerprint density at radius 2 is 1.97 bits per heavy atom. The summed E-state index contributed by atoms with van der Waals surface area (Å²) in [5.41, 5.74) is 1.17. The number of aromatic nitrogens is 2. The Labute approximate surface area is 173 Å². The lowest BCUT2D eigenvalue weighted by molar-refractivity contribution is -0.117. The second-order valence-corrected chi connectivity index (χ2v) is 7.74. The molecule has 0 N–H and O–H groups in total. The molecule has 1 saturated heterocycles. The molecule has 6 nitrogen and oxygen atoms in total. The van der Waals surface area contributed by atoms with Gasteiger partial charge >= 0.3 is 0 Å². The van der Waals surface area contributed by atoms with Crippen molar-refractivity contribution in [3.05, 3.63) is 42.1 Å². The monoisotopic (exact) mass is 396 g/mol. The minimum Gasteiger partial charge on any atom is -0.489 e. The van der Waals surface area contributed by atoms with Gasteiger partial charge in [-0.2, -0.15) is 4.98 Å². The number of anilines is 2. The van der Waals surface area contributed by atoms with Crippen molar-refractivity contribution in [1.29, 1.82) is 0 Å². The van der Waals surface area contributed by atoms with Crippen molar-refractivity contribution < 1.29 is 9.53 Å². The second-order valence-electron chi connectivity index (χ2n) is 7.74. The Morgan fingerprint density at radius 3 is 2.62 bits per heavy atom. The van der Waals surface area contributed by atoms with Crippen molar-refractivity contribution in [1.82, 2.24) is 9.97 Å². The maximum Gasteiger partial charge on any atom is 0.227 e. The van der Waals surface area contributed by atoms with E-state index in [0.29, 0.717) is 6.42 Å². The first-order valence-electron chi connectivity index (χ1n) is 10.6. The van der Waals surface area contributed by atoms with E-state index in [0.717, 1.165) is 50.1 Å². The summed E-state index contributed by atoms with van der Waals surface area (Å²) in [5.74, 6) is 3.08. The van der Waals surface area contributed by atoms with E-state index in [1.165, 1.54) is 5.56 Å². The topological polar surface area (TPSA) is 58.6 Å². The van der Waals surface area contributed by atoms with Gasteiger partial charge in [0.25, 0.3) is 0 Å². The highest BCUT2D eigenvalue weighted by molar-refractivity contribution is 5.76. The molecule has 0 amide bonds. The van der Waals surface area contributed by atoms with Crippen molar-refractivity contribution in [2.45, 2.75) is 52.6 Å². The molecule has 0 bridgehead atoms. The molecule has 0 unspecified atom stereocenters. The van der Waals surface area contributed by atoms with Gasteiger partial charge in [-0.05, 0) is 50.5 Å². The molecule has 156 valence electrons. The van der Waals surface area contributed by atoms with E-state index in [1.54, 1.807) is 6.92 Å². The molecule has 0 spiro atoms. The van der Waals surface area contributed by atoms with Crippen molar-refractivity contribution in [2.24, 2.45) is 0 Å². The van der Waals surface area contributed by atoms with E-state index < -0.39 is 0 Å². The zero-order chi connectivity index (χ0) is 20.8. The number of carbonyl (C=O) groups excluding carboxylic acids is 1. The van der Waals surface area contributed by atoms with Gasteiger partial charge in [-0.25, -0.2) is 4.98 Å². The van der Waals surface area contributed by atoms with Crippen LogP contribution >= 0.6 is 0 Å². The van der Waals surface area contributed by atoms with Crippen molar-refractivity contribution >= 4 is 17.5 Å². The quantitative estimate of drug-likeness (QED) is 0.637. The first kappa shape index (κ1) is 21.1. The number of hydrogen-bond acceptors (Lipinski definition) is 6. The van der Waals surface area contributed by atoms with Gasteiger partial charge in [-0.3, -0.25) is 0 Å². The van der Waals surface area contributed by atoms with Gasteiger partial charge in [0.2, 0.25) is 5.95 Å². The van der Waals surface area contributed by atoms with E-state index >= 15 is 0 Å². The van der Waals surface area contributed by atoms with Gasteiger partial charge in [-0.15, -0.1) is 0 Å². The van der Waals surface area contributed by atoms with Crippen LogP contribution in [0, 0.1) is 0 Å². The standard InChI is InChI=1S/C23H32N4O2/c1-5-26(6-2)23-24-13-11-22(25-23)27-14-12-21(16-27)29-20-9-7-19(8-10-20)17(3)15-18(4)28/h7-11,13,17,21H,5-6,12,14-16H2,1-4H3/t17-,21-/m1/s1. The number of ketones is 1. The molecule has 0 saturated carbocycles. The Kier molecular flexibility index (Phi) is 7.07. The fraction of sp³-hybridized carbons (Fsp3) is 0.522. The largest absolute Gasteiger partial charge is 0.489 e. The SMILES string of the molecule is CCN(CC)c1nccc(N2CC[C@@H](Oc3ccc([C@H](C)CC(C)=O)cc3)C2)n1. The summed E-state index contributed by atoms with van der Waals surface area (Å²) in [5, 5.41) is 0.